The average Bonchev–Trinajstić information content (AvgIpc) is 2.37. The Bertz CT molecular complexity index is 448. The van der Waals surface area contributed by atoms with Gasteiger partial charge in [0.1, 0.15) is 11.5 Å². The Morgan fingerprint density at radius 2 is 2.05 bits per heavy atom. The first-order valence-corrected chi connectivity index (χ1v) is 6.22. The molecule has 1 aromatic rings. The molecule has 0 aliphatic heterocycles. The van der Waals surface area contributed by atoms with Crippen LogP contribution in [0.3, 0.4) is 0 Å². The maximum atomic E-state index is 11.3. The van der Waals surface area contributed by atoms with Gasteiger partial charge in [-0.15, -0.1) is 0 Å². The van der Waals surface area contributed by atoms with Crippen LogP contribution in [0.5, 0.6) is 11.5 Å². The number of nitrogens with one attached hydrogen (secondary N) is 1. The van der Waals surface area contributed by atoms with Crippen LogP contribution >= 0.6 is 0 Å². The summed E-state index contributed by atoms with van der Waals surface area (Å²) in [5.74, 6) is 1.02. The Morgan fingerprint density at radius 3 is 2.53 bits per heavy atom. The Labute approximate surface area is 114 Å². The van der Waals surface area contributed by atoms with Crippen LogP contribution in [0.1, 0.15) is 25.8 Å². The Kier molecular flexibility index (Phi) is 5.18. The van der Waals surface area contributed by atoms with Crippen LogP contribution in [0.15, 0.2) is 18.2 Å². The lowest BCUT2D eigenvalue weighted by molar-refractivity contribution is -0.119. The molecule has 5 heteroatoms. The summed E-state index contributed by atoms with van der Waals surface area (Å²) in [6.45, 7) is 4.64. The molecule has 0 aromatic heterocycles. The highest BCUT2D eigenvalue weighted by atomic mass is 16.5. The number of methoxy groups -OCH3 is 2. The molecule has 0 bridgehead atoms. The number of hydrogen-bond donors (Lipinski definition) is 2. The van der Waals surface area contributed by atoms with Crippen molar-refractivity contribution in [1.29, 1.82) is 0 Å². The summed E-state index contributed by atoms with van der Waals surface area (Å²) in [4.78, 5) is 11.3. The molecule has 0 saturated carbocycles. The lowest BCUT2D eigenvalue weighted by Crippen LogP contribution is -2.43. The number of primary amides is 1. The fraction of sp³-hybridized carbons (Fsp3) is 0.500. The molecule has 5 nitrogen and oxygen atoms in total. The molecule has 1 atom stereocenters. The molecule has 1 unspecified atom stereocenters. The number of amides is 1. The van der Waals surface area contributed by atoms with Gasteiger partial charge < -0.3 is 20.5 Å². The minimum Gasteiger partial charge on any atom is -0.497 e. The molecular weight excluding hydrogens is 244 g/mol. The van der Waals surface area contributed by atoms with Crippen molar-refractivity contribution in [3.05, 3.63) is 23.8 Å². The topological polar surface area (TPSA) is 73.6 Å². The summed E-state index contributed by atoms with van der Waals surface area (Å²) in [5.41, 5.74) is 5.68. The number of nitrogens with two attached hydrogens (primary N) is 1. The van der Waals surface area contributed by atoms with Gasteiger partial charge in [-0.2, -0.15) is 0 Å². The monoisotopic (exact) mass is 266 g/mol. The highest BCUT2D eigenvalue weighted by Gasteiger charge is 2.30. The van der Waals surface area contributed by atoms with Crippen LogP contribution in [0.25, 0.3) is 0 Å². The van der Waals surface area contributed by atoms with Gasteiger partial charge in [0.05, 0.1) is 19.8 Å². The van der Waals surface area contributed by atoms with Crippen LogP contribution in [0, 0.1) is 0 Å². The molecule has 0 spiro atoms. The molecule has 0 radical (unpaired) electrons. The van der Waals surface area contributed by atoms with E-state index in [-0.39, 0.29) is 12.3 Å². The van der Waals surface area contributed by atoms with Crippen molar-refractivity contribution in [2.24, 2.45) is 5.73 Å². The molecule has 1 aromatic carbocycles. The van der Waals surface area contributed by atoms with Gasteiger partial charge in [0.25, 0.3) is 0 Å². The van der Waals surface area contributed by atoms with Crippen molar-refractivity contribution < 1.29 is 14.3 Å². The van der Waals surface area contributed by atoms with Gasteiger partial charge in [-0.05, 0) is 25.6 Å². The Morgan fingerprint density at radius 1 is 1.37 bits per heavy atom. The van der Waals surface area contributed by atoms with Gasteiger partial charge in [0.15, 0.2) is 0 Å². The fourth-order valence-electron chi connectivity index (χ4n) is 2.25. The molecule has 1 rings (SSSR count). The first-order chi connectivity index (χ1) is 8.96. The molecule has 0 aliphatic carbocycles. The normalized spacial score (nSPS) is 13.7. The summed E-state index contributed by atoms with van der Waals surface area (Å²) in [6.07, 6.45) is 0.198. The standard InChI is InChI=1S/C14H22N2O3/c1-5-16-14(2,9-13(15)17)11-7-6-10(18-3)8-12(11)19-4/h6-8,16H,5,9H2,1-4H3,(H2,15,17). The number of rotatable bonds is 7. The van der Waals surface area contributed by atoms with Crippen molar-refractivity contribution in [3.63, 3.8) is 0 Å². The van der Waals surface area contributed by atoms with E-state index in [0.29, 0.717) is 11.5 Å². The van der Waals surface area contributed by atoms with Crippen LogP contribution in [-0.2, 0) is 10.3 Å². The van der Waals surface area contributed by atoms with Crippen molar-refractivity contribution in [1.82, 2.24) is 5.32 Å². The van der Waals surface area contributed by atoms with Gasteiger partial charge in [-0.3, -0.25) is 4.79 Å². The second-order valence-electron chi connectivity index (χ2n) is 4.57. The molecule has 0 aliphatic rings. The van der Waals surface area contributed by atoms with E-state index < -0.39 is 5.54 Å². The fourth-order valence-corrected chi connectivity index (χ4v) is 2.25. The van der Waals surface area contributed by atoms with Gasteiger partial charge in [0.2, 0.25) is 5.91 Å². The highest BCUT2D eigenvalue weighted by Crippen LogP contribution is 2.35. The zero-order valence-electron chi connectivity index (χ0n) is 11.9. The minimum atomic E-state index is -0.557. The molecule has 0 heterocycles. The minimum absolute atomic E-state index is 0.198. The molecule has 106 valence electrons. The molecule has 0 saturated heterocycles. The van der Waals surface area contributed by atoms with Crippen LogP contribution in [0.4, 0.5) is 0 Å². The predicted molar refractivity (Wildman–Crippen MR) is 74.4 cm³/mol. The summed E-state index contributed by atoms with van der Waals surface area (Å²) in [5, 5.41) is 3.30. The van der Waals surface area contributed by atoms with Gasteiger partial charge in [-0.25, -0.2) is 0 Å². The molecule has 1 amide bonds. The Balaban J connectivity index is 3.25. The SMILES string of the molecule is CCNC(C)(CC(N)=O)c1ccc(OC)cc1OC. The van der Waals surface area contributed by atoms with E-state index in [0.717, 1.165) is 12.1 Å². The third kappa shape index (κ3) is 3.61. The van der Waals surface area contributed by atoms with Crippen molar-refractivity contribution >= 4 is 5.91 Å². The predicted octanol–water partition coefficient (Wildman–Crippen LogP) is 1.40. The summed E-state index contributed by atoms with van der Waals surface area (Å²) < 4.78 is 10.6. The number of benzene rings is 1. The maximum absolute atomic E-state index is 11.3. The Hall–Kier alpha value is -1.75. The smallest absolute Gasteiger partial charge is 0.219 e. The van der Waals surface area contributed by atoms with E-state index in [1.165, 1.54) is 0 Å². The van der Waals surface area contributed by atoms with Crippen molar-refractivity contribution in [2.45, 2.75) is 25.8 Å². The quantitative estimate of drug-likeness (QED) is 0.782. The van der Waals surface area contributed by atoms with Gasteiger partial charge >= 0.3 is 0 Å². The van der Waals surface area contributed by atoms with Crippen LogP contribution < -0.4 is 20.5 Å². The molecule has 19 heavy (non-hydrogen) atoms. The molecule has 0 fully saturated rings. The van der Waals surface area contributed by atoms with E-state index in [1.807, 2.05) is 26.0 Å². The van der Waals surface area contributed by atoms with Crippen LogP contribution in [0.2, 0.25) is 0 Å². The number of ether oxygens (including phenoxy) is 2. The second kappa shape index (κ2) is 6.43. The van der Waals surface area contributed by atoms with E-state index in [9.17, 15) is 4.79 Å². The summed E-state index contributed by atoms with van der Waals surface area (Å²) in [7, 11) is 3.19. The third-order valence-electron chi connectivity index (χ3n) is 3.10. The zero-order valence-corrected chi connectivity index (χ0v) is 11.9. The third-order valence-corrected chi connectivity index (χ3v) is 3.10. The number of carbonyl (C=O) groups excluding carboxylic acids is 1. The van der Waals surface area contributed by atoms with Crippen LogP contribution in [-0.4, -0.2) is 26.7 Å². The summed E-state index contributed by atoms with van der Waals surface area (Å²) >= 11 is 0. The number of carbonyl (C=O) groups is 1. The number of hydrogen-bond acceptors (Lipinski definition) is 4. The zero-order chi connectivity index (χ0) is 14.5. The van der Waals surface area contributed by atoms with E-state index in [1.54, 1.807) is 20.3 Å². The van der Waals surface area contributed by atoms with Gasteiger partial charge in [-0.1, -0.05) is 6.92 Å². The van der Waals surface area contributed by atoms with Crippen molar-refractivity contribution in [2.75, 3.05) is 20.8 Å². The lowest BCUT2D eigenvalue weighted by atomic mass is 9.87. The van der Waals surface area contributed by atoms with E-state index >= 15 is 0 Å². The highest BCUT2D eigenvalue weighted by molar-refractivity contribution is 5.75. The van der Waals surface area contributed by atoms with Crippen molar-refractivity contribution in [3.8, 4) is 11.5 Å². The molecule has 3 N–H and O–H groups in total. The van der Waals surface area contributed by atoms with E-state index in [2.05, 4.69) is 5.32 Å². The second-order valence-corrected chi connectivity index (χ2v) is 4.57. The van der Waals surface area contributed by atoms with Gasteiger partial charge in [0, 0.05) is 18.1 Å². The first-order valence-electron chi connectivity index (χ1n) is 6.22. The lowest BCUT2D eigenvalue weighted by Gasteiger charge is -2.31. The largest absolute Gasteiger partial charge is 0.497 e. The average molecular weight is 266 g/mol. The first kappa shape index (κ1) is 15.3. The summed E-state index contributed by atoms with van der Waals surface area (Å²) in [6, 6.07) is 5.53. The molecular formula is C14H22N2O3. The van der Waals surface area contributed by atoms with E-state index in [4.69, 9.17) is 15.2 Å². The maximum Gasteiger partial charge on any atom is 0.219 e.